The van der Waals surface area contributed by atoms with Crippen LogP contribution in [0.3, 0.4) is 0 Å². The zero-order valence-corrected chi connectivity index (χ0v) is 8.09. The summed E-state index contributed by atoms with van der Waals surface area (Å²) in [5.74, 6) is 0.737. The Morgan fingerprint density at radius 1 is 1.53 bits per heavy atom. The molecule has 2 N–H and O–H groups in total. The summed E-state index contributed by atoms with van der Waals surface area (Å²) in [6.45, 7) is 0.610. The van der Waals surface area contributed by atoms with E-state index < -0.39 is 0 Å². The molecule has 0 atom stereocenters. The Balaban J connectivity index is 2.28. The van der Waals surface area contributed by atoms with Crippen molar-refractivity contribution >= 4 is 5.82 Å². The summed E-state index contributed by atoms with van der Waals surface area (Å²) >= 11 is 0. The average Bonchev–Trinajstić information content (AvgIpc) is 2.29. The highest BCUT2D eigenvalue weighted by atomic mass is 15.2. The molecule has 15 heavy (non-hydrogen) atoms. The predicted octanol–water partition coefficient (Wildman–Crippen LogP) is 1.13. The number of hydrogen-bond acceptors (Lipinski definition) is 4. The van der Waals surface area contributed by atoms with E-state index in [9.17, 15) is 0 Å². The Bertz CT molecular complexity index is 468. The minimum absolute atomic E-state index is 0.599. The molecule has 0 amide bonds. The van der Waals surface area contributed by atoms with Gasteiger partial charge in [0, 0.05) is 18.1 Å². The highest BCUT2D eigenvalue weighted by Crippen LogP contribution is 2.15. The van der Waals surface area contributed by atoms with Crippen molar-refractivity contribution in [2.75, 3.05) is 11.4 Å². The van der Waals surface area contributed by atoms with Gasteiger partial charge in [-0.25, -0.2) is 4.98 Å². The molecule has 2 rings (SSSR count). The highest BCUT2D eigenvalue weighted by Gasteiger charge is 2.08. The van der Waals surface area contributed by atoms with Crippen LogP contribution in [-0.4, -0.2) is 11.5 Å². The second kappa shape index (κ2) is 3.84. The van der Waals surface area contributed by atoms with Crippen molar-refractivity contribution in [2.45, 2.75) is 0 Å². The molecule has 4 heteroatoms. The average molecular weight is 198 g/mol. The first kappa shape index (κ1) is 9.28. The smallest absolute Gasteiger partial charge is 0.134 e. The van der Waals surface area contributed by atoms with Gasteiger partial charge in [0.2, 0.25) is 0 Å². The molecule has 0 aromatic carbocycles. The minimum atomic E-state index is 0.599. The molecule has 0 fully saturated rings. The molecule has 0 bridgehead atoms. The van der Waals surface area contributed by atoms with Crippen LogP contribution in [0.25, 0.3) is 0 Å². The molecular weight excluding hydrogens is 188 g/mol. The van der Waals surface area contributed by atoms with Gasteiger partial charge in [-0.05, 0) is 24.3 Å². The fourth-order valence-corrected chi connectivity index (χ4v) is 1.38. The third kappa shape index (κ3) is 1.97. The lowest BCUT2D eigenvalue weighted by molar-refractivity contribution is 0.966. The third-order valence-electron chi connectivity index (χ3n) is 2.10. The zero-order valence-electron chi connectivity index (χ0n) is 8.09. The van der Waals surface area contributed by atoms with E-state index in [0.717, 1.165) is 11.5 Å². The van der Waals surface area contributed by atoms with Gasteiger partial charge in [-0.1, -0.05) is 0 Å². The van der Waals surface area contributed by atoms with E-state index in [1.165, 1.54) is 0 Å². The molecule has 0 aliphatic carbocycles. The summed E-state index contributed by atoms with van der Waals surface area (Å²) < 4.78 is 0. The van der Waals surface area contributed by atoms with Crippen LogP contribution in [0.2, 0.25) is 0 Å². The number of nitriles is 1. The van der Waals surface area contributed by atoms with E-state index in [-0.39, 0.29) is 0 Å². The van der Waals surface area contributed by atoms with Gasteiger partial charge in [0.05, 0.1) is 18.2 Å². The molecule has 1 aromatic heterocycles. The second-order valence-electron chi connectivity index (χ2n) is 3.23. The minimum Gasteiger partial charge on any atom is -0.401 e. The van der Waals surface area contributed by atoms with Crippen LogP contribution in [0.15, 0.2) is 42.4 Å². The lowest BCUT2D eigenvalue weighted by Crippen LogP contribution is -2.25. The number of pyridine rings is 1. The maximum atomic E-state index is 8.76. The van der Waals surface area contributed by atoms with Crippen molar-refractivity contribution in [1.82, 2.24) is 4.98 Å². The number of hydrogen-bond donors (Lipinski definition) is 1. The largest absolute Gasteiger partial charge is 0.401 e. The van der Waals surface area contributed by atoms with E-state index in [1.807, 2.05) is 23.3 Å². The van der Waals surface area contributed by atoms with Crippen LogP contribution in [0, 0.1) is 11.3 Å². The first-order valence-corrected chi connectivity index (χ1v) is 4.55. The number of rotatable bonds is 1. The monoisotopic (exact) mass is 198 g/mol. The highest BCUT2D eigenvalue weighted by molar-refractivity contribution is 5.50. The van der Waals surface area contributed by atoms with E-state index in [4.69, 9.17) is 11.0 Å². The molecule has 0 saturated heterocycles. The van der Waals surface area contributed by atoms with Gasteiger partial charge in [-0.3, -0.25) is 0 Å². The van der Waals surface area contributed by atoms with Gasteiger partial charge in [-0.15, -0.1) is 0 Å². The van der Waals surface area contributed by atoms with Gasteiger partial charge in [0.1, 0.15) is 5.82 Å². The summed E-state index contributed by atoms with van der Waals surface area (Å²) in [5, 5.41) is 8.76. The zero-order chi connectivity index (χ0) is 10.7. The first-order valence-electron chi connectivity index (χ1n) is 4.55. The van der Waals surface area contributed by atoms with Crippen LogP contribution in [0.4, 0.5) is 5.82 Å². The standard InChI is InChI=1S/C11H10N4/c12-7-9-3-4-14-11(6-9)15-5-1-2-10(13)8-15/h1-6H,8,13H2. The molecule has 1 aliphatic rings. The van der Waals surface area contributed by atoms with Crippen LogP contribution >= 0.6 is 0 Å². The molecule has 4 nitrogen and oxygen atoms in total. The lowest BCUT2D eigenvalue weighted by Gasteiger charge is -2.21. The van der Waals surface area contributed by atoms with Crippen molar-refractivity contribution in [3.05, 3.63) is 47.9 Å². The van der Waals surface area contributed by atoms with Gasteiger partial charge >= 0.3 is 0 Å². The fraction of sp³-hybridized carbons (Fsp3) is 0.0909. The Kier molecular flexibility index (Phi) is 2.38. The van der Waals surface area contributed by atoms with Crippen molar-refractivity contribution in [1.29, 1.82) is 5.26 Å². The van der Waals surface area contributed by atoms with E-state index in [0.29, 0.717) is 12.1 Å². The second-order valence-corrected chi connectivity index (χ2v) is 3.23. The number of anilines is 1. The van der Waals surface area contributed by atoms with Crippen LogP contribution in [0.1, 0.15) is 5.56 Å². The molecule has 0 spiro atoms. The maximum absolute atomic E-state index is 8.76. The maximum Gasteiger partial charge on any atom is 0.134 e. The molecule has 2 heterocycles. The van der Waals surface area contributed by atoms with E-state index in [1.54, 1.807) is 18.3 Å². The molecule has 0 radical (unpaired) electrons. The number of nitrogens with zero attached hydrogens (tertiary/aromatic N) is 3. The quantitative estimate of drug-likeness (QED) is 0.734. The summed E-state index contributed by atoms with van der Waals surface area (Å²) in [5.41, 5.74) is 7.09. The Hall–Kier alpha value is -2.28. The van der Waals surface area contributed by atoms with E-state index in [2.05, 4.69) is 11.1 Å². The third-order valence-corrected chi connectivity index (χ3v) is 2.10. The van der Waals surface area contributed by atoms with Crippen molar-refractivity contribution in [3.63, 3.8) is 0 Å². The lowest BCUT2D eigenvalue weighted by atomic mass is 10.2. The Morgan fingerprint density at radius 2 is 2.40 bits per heavy atom. The normalized spacial score (nSPS) is 14.6. The van der Waals surface area contributed by atoms with Crippen molar-refractivity contribution in [2.24, 2.45) is 5.73 Å². The van der Waals surface area contributed by atoms with Crippen LogP contribution in [-0.2, 0) is 0 Å². The Labute approximate surface area is 87.9 Å². The van der Waals surface area contributed by atoms with Crippen LogP contribution in [0.5, 0.6) is 0 Å². The van der Waals surface area contributed by atoms with Crippen molar-refractivity contribution in [3.8, 4) is 6.07 Å². The van der Waals surface area contributed by atoms with Gasteiger partial charge in [0.15, 0.2) is 0 Å². The Morgan fingerprint density at radius 3 is 3.13 bits per heavy atom. The molecule has 1 aromatic rings. The fourth-order valence-electron chi connectivity index (χ4n) is 1.38. The van der Waals surface area contributed by atoms with Crippen molar-refractivity contribution < 1.29 is 0 Å². The predicted molar refractivity (Wildman–Crippen MR) is 57.7 cm³/mol. The van der Waals surface area contributed by atoms with Crippen LogP contribution < -0.4 is 10.6 Å². The summed E-state index contributed by atoms with van der Waals surface area (Å²) in [6, 6.07) is 5.50. The van der Waals surface area contributed by atoms with Gasteiger partial charge < -0.3 is 10.6 Å². The summed E-state index contributed by atoms with van der Waals surface area (Å²) in [6.07, 6.45) is 7.22. The number of aromatic nitrogens is 1. The number of allylic oxidation sites excluding steroid dienone is 2. The summed E-state index contributed by atoms with van der Waals surface area (Å²) in [7, 11) is 0. The number of nitrogens with two attached hydrogens (primary N) is 1. The molecule has 0 saturated carbocycles. The van der Waals surface area contributed by atoms with Gasteiger partial charge in [-0.2, -0.15) is 5.26 Å². The summed E-state index contributed by atoms with van der Waals surface area (Å²) in [4.78, 5) is 6.09. The SMILES string of the molecule is N#Cc1ccnc(N2C=CC=C(N)C2)c1. The van der Waals surface area contributed by atoms with Gasteiger partial charge in [0.25, 0.3) is 0 Å². The first-order chi connectivity index (χ1) is 7.29. The molecular formula is C11H10N4. The molecule has 74 valence electrons. The van der Waals surface area contributed by atoms with E-state index >= 15 is 0 Å². The topological polar surface area (TPSA) is 65.9 Å². The molecule has 1 aliphatic heterocycles. The molecule has 0 unspecified atom stereocenters.